The third kappa shape index (κ3) is 1.93. The van der Waals surface area contributed by atoms with Crippen LogP contribution in [0, 0.1) is 0 Å². The third-order valence-corrected chi connectivity index (χ3v) is 2.69. The first kappa shape index (κ1) is 11.4. The van der Waals surface area contributed by atoms with E-state index in [1.807, 2.05) is 6.07 Å². The van der Waals surface area contributed by atoms with Gasteiger partial charge in [0, 0.05) is 12.6 Å². The molecule has 17 heavy (non-hydrogen) atoms. The summed E-state index contributed by atoms with van der Waals surface area (Å²) in [5, 5.41) is 2.73. The molecule has 0 aromatic heterocycles. The number of ether oxygens (including phenoxy) is 1. The lowest BCUT2D eigenvalue weighted by Gasteiger charge is -2.07. The van der Waals surface area contributed by atoms with Crippen LogP contribution < -0.4 is 5.32 Å². The Kier molecular flexibility index (Phi) is 2.95. The zero-order valence-corrected chi connectivity index (χ0v) is 9.69. The van der Waals surface area contributed by atoms with E-state index in [0.717, 1.165) is 0 Å². The Morgan fingerprint density at radius 2 is 1.94 bits per heavy atom. The number of hydrogen-bond donors (Lipinski definition) is 1. The maximum Gasteiger partial charge on any atom is 0.355 e. The third-order valence-electron chi connectivity index (χ3n) is 2.69. The van der Waals surface area contributed by atoms with Crippen LogP contribution in [0.5, 0.6) is 0 Å². The number of nitrogens with one attached hydrogen (secondary N) is 1. The molecule has 1 aliphatic heterocycles. The number of likely N-dealkylation sites (N-methyl/N-ethyl adjacent to an activating group) is 1. The number of hydrogen-bond acceptors (Lipinski definition) is 4. The monoisotopic (exact) mass is 231 g/mol. The van der Waals surface area contributed by atoms with Crippen LogP contribution in [0.4, 0.5) is 0 Å². The average Bonchev–Trinajstić information content (AvgIpc) is 2.63. The molecule has 0 spiro atoms. The van der Waals surface area contributed by atoms with Gasteiger partial charge >= 0.3 is 5.97 Å². The van der Waals surface area contributed by atoms with E-state index in [0.29, 0.717) is 11.1 Å². The molecular formula is C13H13NO3. The largest absolute Gasteiger partial charge is 0.453 e. The van der Waals surface area contributed by atoms with Gasteiger partial charge in [-0.1, -0.05) is 30.3 Å². The Bertz CT molecular complexity index is 491. The minimum absolute atomic E-state index is 0.173. The summed E-state index contributed by atoms with van der Waals surface area (Å²) in [5.41, 5.74) is 1.20. The van der Waals surface area contributed by atoms with Crippen molar-refractivity contribution in [2.75, 3.05) is 7.05 Å². The number of Topliss-reactive ketones (excluding diaryl/α,β-unsaturated/α-hetero) is 1. The molecule has 0 amide bonds. The maximum absolute atomic E-state index is 12.2. The summed E-state index contributed by atoms with van der Waals surface area (Å²) >= 11 is 0. The highest BCUT2D eigenvalue weighted by atomic mass is 16.5. The van der Waals surface area contributed by atoms with Crippen molar-refractivity contribution >= 4 is 11.8 Å². The van der Waals surface area contributed by atoms with Crippen LogP contribution in [-0.2, 0) is 9.53 Å². The van der Waals surface area contributed by atoms with E-state index in [-0.39, 0.29) is 11.5 Å². The van der Waals surface area contributed by atoms with E-state index < -0.39 is 12.1 Å². The number of benzene rings is 1. The quantitative estimate of drug-likeness (QED) is 0.629. The van der Waals surface area contributed by atoms with Crippen molar-refractivity contribution in [3.63, 3.8) is 0 Å². The molecule has 0 saturated heterocycles. The second-order valence-electron chi connectivity index (χ2n) is 3.78. The predicted molar refractivity (Wildman–Crippen MR) is 62.4 cm³/mol. The van der Waals surface area contributed by atoms with E-state index in [1.165, 1.54) is 0 Å². The summed E-state index contributed by atoms with van der Waals surface area (Å²) in [6.07, 6.45) is -0.502. The number of rotatable bonds is 3. The lowest BCUT2D eigenvalue weighted by molar-refractivity contribution is -0.139. The number of carbonyl (C=O) groups is 2. The number of ketones is 1. The van der Waals surface area contributed by atoms with Crippen molar-refractivity contribution in [3.8, 4) is 0 Å². The van der Waals surface area contributed by atoms with Gasteiger partial charge in [-0.25, -0.2) is 4.79 Å². The molecule has 0 fully saturated rings. The van der Waals surface area contributed by atoms with Crippen LogP contribution in [0.15, 0.2) is 41.6 Å². The predicted octanol–water partition coefficient (Wildman–Crippen LogP) is 1.29. The summed E-state index contributed by atoms with van der Waals surface area (Å²) in [6.45, 7) is 1.69. The lowest BCUT2D eigenvalue weighted by atomic mass is 9.99. The second kappa shape index (κ2) is 4.41. The topological polar surface area (TPSA) is 55.4 Å². The average molecular weight is 231 g/mol. The van der Waals surface area contributed by atoms with Crippen molar-refractivity contribution in [2.24, 2.45) is 0 Å². The Labute approximate surface area is 99.3 Å². The van der Waals surface area contributed by atoms with Gasteiger partial charge in [0.25, 0.3) is 0 Å². The number of carbonyl (C=O) groups excluding carboxylic acids is 2. The van der Waals surface area contributed by atoms with E-state index in [2.05, 4.69) is 5.32 Å². The second-order valence-corrected chi connectivity index (χ2v) is 3.78. The van der Waals surface area contributed by atoms with Crippen LogP contribution in [0.2, 0.25) is 0 Å². The number of esters is 1. The highest BCUT2D eigenvalue weighted by Crippen LogP contribution is 2.24. The molecular weight excluding hydrogens is 218 g/mol. The Morgan fingerprint density at radius 3 is 2.53 bits per heavy atom. The molecule has 0 aliphatic carbocycles. The summed E-state index contributed by atoms with van der Waals surface area (Å²) < 4.78 is 5.02. The smallest absolute Gasteiger partial charge is 0.355 e. The summed E-state index contributed by atoms with van der Waals surface area (Å²) in [7, 11) is 1.60. The molecule has 1 heterocycles. The fraction of sp³-hybridized carbons (Fsp3) is 0.231. The number of cyclic esters (lactones) is 1. The molecule has 4 heteroatoms. The summed E-state index contributed by atoms with van der Waals surface area (Å²) in [5.74, 6) is -0.646. The van der Waals surface area contributed by atoms with Gasteiger partial charge in [0.15, 0.2) is 5.78 Å². The van der Waals surface area contributed by atoms with Crippen LogP contribution in [0.1, 0.15) is 17.3 Å². The molecule has 0 saturated carbocycles. The van der Waals surface area contributed by atoms with Gasteiger partial charge in [-0.05, 0) is 6.92 Å². The lowest BCUT2D eigenvalue weighted by Crippen LogP contribution is -2.17. The standard InChI is InChI=1S/C13H13NO3/c1-8-10(11(14-2)13(16)17-8)12(15)9-6-4-3-5-7-9/h3-8,14H,1-2H3. The first-order valence-corrected chi connectivity index (χ1v) is 5.37. The van der Waals surface area contributed by atoms with Crippen LogP contribution in [0.3, 0.4) is 0 Å². The molecule has 1 unspecified atom stereocenters. The summed E-state index contributed by atoms with van der Waals surface area (Å²) in [6, 6.07) is 8.85. The van der Waals surface area contributed by atoms with E-state index in [4.69, 9.17) is 4.74 Å². The van der Waals surface area contributed by atoms with Crippen molar-refractivity contribution in [1.82, 2.24) is 5.32 Å². The van der Waals surface area contributed by atoms with Crippen LogP contribution in [0.25, 0.3) is 0 Å². The van der Waals surface area contributed by atoms with Gasteiger partial charge in [-0.15, -0.1) is 0 Å². The van der Waals surface area contributed by atoms with Crippen LogP contribution >= 0.6 is 0 Å². The zero-order chi connectivity index (χ0) is 12.4. The molecule has 0 bridgehead atoms. The van der Waals surface area contributed by atoms with Crippen molar-refractivity contribution in [3.05, 3.63) is 47.2 Å². The maximum atomic E-state index is 12.2. The Hall–Kier alpha value is -2.10. The van der Waals surface area contributed by atoms with Gasteiger partial charge in [0.2, 0.25) is 0 Å². The van der Waals surface area contributed by atoms with E-state index >= 15 is 0 Å². The highest BCUT2D eigenvalue weighted by Gasteiger charge is 2.35. The van der Waals surface area contributed by atoms with Gasteiger partial charge in [-0.2, -0.15) is 0 Å². The van der Waals surface area contributed by atoms with Crippen LogP contribution in [-0.4, -0.2) is 24.9 Å². The first-order valence-electron chi connectivity index (χ1n) is 5.37. The normalized spacial score (nSPS) is 19.2. The van der Waals surface area contributed by atoms with Crippen molar-refractivity contribution in [2.45, 2.75) is 13.0 Å². The minimum atomic E-state index is -0.502. The molecule has 4 nitrogen and oxygen atoms in total. The van der Waals surface area contributed by atoms with E-state index in [9.17, 15) is 9.59 Å². The molecule has 1 atom stereocenters. The molecule has 88 valence electrons. The molecule has 0 radical (unpaired) electrons. The van der Waals surface area contributed by atoms with Crippen molar-refractivity contribution in [1.29, 1.82) is 0 Å². The van der Waals surface area contributed by atoms with Crippen molar-refractivity contribution < 1.29 is 14.3 Å². The van der Waals surface area contributed by atoms with Gasteiger partial charge in [0.05, 0.1) is 5.57 Å². The summed E-state index contributed by atoms with van der Waals surface area (Å²) in [4.78, 5) is 23.7. The molecule has 1 aromatic carbocycles. The zero-order valence-electron chi connectivity index (χ0n) is 9.69. The molecule has 1 N–H and O–H groups in total. The SMILES string of the molecule is CNC1=C(C(=O)c2ccccc2)C(C)OC1=O. The Morgan fingerprint density at radius 1 is 1.29 bits per heavy atom. The molecule has 2 rings (SSSR count). The Balaban J connectivity index is 2.43. The fourth-order valence-corrected chi connectivity index (χ4v) is 1.87. The fourth-order valence-electron chi connectivity index (χ4n) is 1.87. The molecule has 1 aliphatic rings. The van der Waals surface area contributed by atoms with E-state index in [1.54, 1.807) is 38.2 Å². The minimum Gasteiger partial charge on any atom is -0.453 e. The highest BCUT2D eigenvalue weighted by molar-refractivity contribution is 6.15. The molecule has 1 aromatic rings. The van der Waals surface area contributed by atoms with Gasteiger partial charge in [-0.3, -0.25) is 4.79 Å². The first-order chi connectivity index (χ1) is 8.15. The van der Waals surface area contributed by atoms with Gasteiger partial charge < -0.3 is 10.1 Å². The van der Waals surface area contributed by atoms with Gasteiger partial charge in [0.1, 0.15) is 11.8 Å².